The molecule has 7 heteroatoms. The van der Waals surface area contributed by atoms with Gasteiger partial charge < -0.3 is 15.3 Å². The molecule has 0 unspecified atom stereocenters. The van der Waals surface area contributed by atoms with E-state index in [4.69, 9.17) is 0 Å². The topological polar surface area (TPSA) is 86.7 Å². The first kappa shape index (κ1) is 21.6. The Bertz CT molecular complexity index is 1180. The predicted octanol–water partition coefficient (Wildman–Crippen LogP) is 4.71. The lowest BCUT2D eigenvalue weighted by molar-refractivity contribution is -0.117. The molecule has 1 aliphatic rings. The average Bonchev–Trinajstić information content (AvgIpc) is 3.24. The summed E-state index contributed by atoms with van der Waals surface area (Å²) in [6.07, 6.45) is 0.874. The second-order valence-electron chi connectivity index (χ2n) is 7.46. The van der Waals surface area contributed by atoms with E-state index in [0.717, 1.165) is 17.0 Å². The van der Waals surface area contributed by atoms with Gasteiger partial charge in [0, 0.05) is 22.8 Å². The molecule has 0 saturated carbocycles. The molecule has 3 aromatic carbocycles. The third-order valence-electron chi connectivity index (χ3n) is 5.33. The summed E-state index contributed by atoms with van der Waals surface area (Å²) in [4.78, 5) is 39.6. The van der Waals surface area contributed by atoms with Crippen LogP contribution in [-0.2, 0) is 11.2 Å². The molecule has 0 fully saturated rings. The van der Waals surface area contributed by atoms with E-state index in [0.29, 0.717) is 12.2 Å². The van der Waals surface area contributed by atoms with Crippen LogP contribution in [0.2, 0.25) is 0 Å². The van der Waals surface area contributed by atoms with Gasteiger partial charge in [0.15, 0.2) is 0 Å². The molecule has 6 nitrogen and oxygen atoms in total. The number of hydrogen-bond acceptors (Lipinski definition) is 4. The van der Waals surface area contributed by atoms with Gasteiger partial charge >= 0.3 is 5.97 Å². The van der Waals surface area contributed by atoms with Gasteiger partial charge in [-0.05, 0) is 61.4 Å². The van der Waals surface area contributed by atoms with Crippen LogP contribution >= 0.6 is 11.8 Å². The summed E-state index contributed by atoms with van der Waals surface area (Å²) >= 11 is 1.46. The maximum absolute atomic E-state index is 13.0. The van der Waals surface area contributed by atoms with Gasteiger partial charge in [-0.25, -0.2) is 4.79 Å². The lowest BCUT2D eigenvalue weighted by atomic mass is 10.1. The number of hydrogen-bond donors (Lipinski definition) is 2. The van der Waals surface area contributed by atoms with Crippen molar-refractivity contribution in [1.29, 1.82) is 0 Å². The van der Waals surface area contributed by atoms with Gasteiger partial charge in [0.1, 0.15) is 0 Å². The van der Waals surface area contributed by atoms with Gasteiger partial charge in [-0.3, -0.25) is 9.59 Å². The standard InChI is InChI=1S/C25H22N2O4S/c1-16(24(29)27-15-14-17-6-2-5-9-22(17)27)32-19-12-10-18(11-13-19)26-23(28)20-7-3-4-8-21(20)25(30)31/h2-13,16H,14-15H2,1H3,(H,26,28)(H,30,31)/t16-/m1/s1. The van der Waals surface area contributed by atoms with E-state index in [9.17, 15) is 19.5 Å². The number of rotatable bonds is 6. The normalized spacial score (nSPS) is 13.3. The number of benzene rings is 3. The van der Waals surface area contributed by atoms with E-state index in [2.05, 4.69) is 11.4 Å². The molecule has 1 aliphatic heterocycles. The highest BCUT2D eigenvalue weighted by atomic mass is 32.2. The molecular weight excluding hydrogens is 424 g/mol. The Morgan fingerprint density at radius 2 is 1.59 bits per heavy atom. The fraction of sp³-hybridized carbons (Fsp3) is 0.160. The lowest BCUT2D eigenvalue weighted by Crippen LogP contribution is -2.35. The second kappa shape index (κ2) is 9.28. The van der Waals surface area contributed by atoms with Crippen molar-refractivity contribution < 1.29 is 19.5 Å². The number of nitrogens with zero attached hydrogens (tertiary/aromatic N) is 1. The number of aromatic carboxylic acids is 1. The van der Waals surface area contributed by atoms with Crippen molar-refractivity contribution in [3.8, 4) is 0 Å². The van der Waals surface area contributed by atoms with E-state index in [-0.39, 0.29) is 22.3 Å². The molecule has 0 aromatic heterocycles. The van der Waals surface area contributed by atoms with Crippen LogP contribution < -0.4 is 10.2 Å². The van der Waals surface area contributed by atoms with Crippen molar-refractivity contribution >= 4 is 40.9 Å². The van der Waals surface area contributed by atoms with Crippen LogP contribution in [0.3, 0.4) is 0 Å². The summed E-state index contributed by atoms with van der Waals surface area (Å²) in [5, 5.41) is 11.7. The molecule has 0 radical (unpaired) electrons. The zero-order chi connectivity index (χ0) is 22.7. The Labute approximate surface area is 190 Å². The number of thioether (sulfide) groups is 1. The van der Waals surface area contributed by atoms with Gasteiger partial charge in [-0.15, -0.1) is 11.8 Å². The van der Waals surface area contributed by atoms with Crippen molar-refractivity contribution in [2.24, 2.45) is 0 Å². The first-order valence-corrected chi connectivity index (χ1v) is 11.1. The van der Waals surface area contributed by atoms with Crippen LogP contribution in [0.5, 0.6) is 0 Å². The summed E-state index contributed by atoms with van der Waals surface area (Å²) in [7, 11) is 0. The highest BCUT2D eigenvalue weighted by Crippen LogP contribution is 2.32. The average molecular weight is 447 g/mol. The zero-order valence-electron chi connectivity index (χ0n) is 17.4. The second-order valence-corrected chi connectivity index (χ2v) is 8.87. The minimum absolute atomic E-state index is 0.0481. The Hall–Kier alpha value is -3.58. The highest BCUT2D eigenvalue weighted by Gasteiger charge is 2.28. The Morgan fingerprint density at radius 1 is 0.938 bits per heavy atom. The number of carboxylic acid groups (broad SMARTS) is 1. The fourth-order valence-electron chi connectivity index (χ4n) is 3.72. The smallest absolute Gasteiger partial charge is 0.336 e. The van der Waals surface area contributed by atoms with Gasteiger partial charge in [-0.1, -0.05) is 30.3 Å². The highest BCUT2D eigenvalue weighted by molar-refractivity contribution is 8.00. The number of anilines is 2. The van der Waals surface area contributed by atoms with Crippen LogP contribution in [0.4, 0.5) is 11.4 Å². The third-order valence-corrected chi connectivity index (χ3v) is 6.43. The molecule has 4 rings (SSSR count). The van der Waals surface area contributed by atoms with Crippen molar-refractivity contribution in [2.75, 3.05) is 16.8 Å². The van der Waals surface area contributed by atoms with E-state index < -0.39 is 11.9 Å². The number of carbonyl (C=O) groups is 3. The van der Waals surface area contributed by atoms with Crippen LogP contribution in [0.1, 0.15) is 33.2 Å². The number of carbonyl (C=O) groups excluding carboxylic acids is 2. The molecule has 3 aromatic rings. The Morgan fingerprint density at radius 3 is 2.31 bits per heavy atom. The Kier molecular flexibility index (Phi) is 6.28. The minimum atomic E-state index is -1.15. The van der Waals surface area contributed by atoms with Gasteiger partial charge in [-0.2, -0.15) is 0 Å². The van der Waals surface area contributed by atoms with Crippen LogP contribution in [0.25, 0.3) is 0 Å². The number of fused-ring (bicyclic) bond motifs is 1. The molecule has 0 saturated heterocycles. The van der Waals surface area contributed by atoms with Crippen molar-refractivity contribution in [3.63, 3.8) is 0 Å². The minimum Gasteiger partial charge on any atom is -0.478 e. The Balaban J connectivity index is 1.39. The monoisotopic (exact) mass is 446 g/mol. The van der Waals surface area contributed by atoms with Gasteiger partial charge in [0.25, 0.3) is 5.91 Å². The number of para-hydroxylation sites is 1. The van der Waals surface area contributed by atoms with E-state index >= 15 is 0 Å². The maximum Gasteiger partial charge on any atom is 0.336 e. The summed E-state index contributed by atoms with van der Waals surface area (Å²) in [5.41, 5.74) is 2.79. The molecule has 0 aliphatic carbocycles. The first-order chi connectivity index (χ1) is 15.4. The molecule has 2 amide bonds. The molecule has 162 valence electrons. The number of amides is 2. The van der Waals surface area contributed by atoms with Gasteiger partial charge in [0.05, 0.1) is 16.4 Å². The third kappa shape index (κ3) is 4.53. The largest absolute Gasteiger partial charge is 0.478 e. The molecule has 32 heavy (non-hydrogen) atoms. The maximum atomic E-state index is 13.0. The molecule has 0 spiro atoms. The van der Waals surface area contributed by atoms with Crippen molar-refractivity contribution in [2.45, 2.75) is 23.5 Å². The fourth-order valence-corrected chi connectivity index (χ4v) is 4.65. The van der Waals surface area contributed by atoms with Crippen molar-refractivity contribution in [1.82, 2.24) is 0 Å². The molecule has 1 atom stereocenters. The van der Waals surface area contributed by atoms with Crippen molar-refractivity contribution in [3.05, 3.63) is 89.5 Å². The predicted molar refractivity (Wildman–Crippen MR) is 126 cm³/mol. The lowest BCUT2D eigenvalue weighted by Gasteiger charge is -2.21. The molecule has 2 N–H and O–H groups in total. The van der Waals surface area contributed by atoms with E-state index in [1.54, 1.807) is 24.3 Å². The van der Waals surface area contributed by atoms with E-state index in [1.165, 1.54) is 29.5 Å². The summed E-state index contributed by atoms with van der Waals surface area (Å²) in [6.45, 7) is 2.60. The summed E-state index contributed by atoms with van der Waals surface area (Å²) in [6, 6.07) is 21.2. The molecule has 1 heterocycles. The van der Waals surface area contributed by atoms with Crippen LogP contribution in [0, 0.1) is 0 Å². The summed E-state index contributed by atoms with van der Waals surface area (Å²) in [5.74, 6) is -1.57. The SMILES string of the molecule is C[C@@H](Sc1ccc(NC(=O)c2ccccc2C(=O)O)cc1)C(=O)N1CCc2ccccc21. The first-order valence-electron chi connectivity index (χ1n) is 10.2. The number of nitrogens with one attached hydrogen (secondary N) is 1. The van der Waals surface area contributed by atoms with E-state index in [1.807, 2.05) is 42.2 Å². The van der Waals surface area contributed by atoms with Crippen LogP contribution in [0.15, 0.2) is 77.7 Å². The summed E-state index contributed by atoms with van der Waals surface area (Å²) < 4.78 is 0. The van der Waals surface area contributed by atoms with Crippen LogP contribution in [-0.4, -0.2) is 34.7 Å². The molecular formula is C25H22N2O4S. The number of carboxylic acids is 1. The van der Waals surface area contributed by atoms with Gasteiger partial charge in [0.2, 0.25) is 5.91 Å². The molecule has 0 bridgehead atoms. The zero-order valence-corrected chi connectivity index (χ0v) is 18.3. The quantitative estimate of drug-likeness (QED) is 0.536.